The van der Waals surface area contributed by atoms with Gasteiger partial charge in [-0.05, 0) is 24.3 Å². The molecule has 1 amide bonds. The summed E-state index contributed by atoms with van der Waals surface area (Å²) in [5, 5.41) is 15.0. The maximum atomic E-state index is 11.2. The highest BCUT2D eigenvalue weighted by Gasteiger charge is 2.09. The maximum Gasteiger partial charge on any atom is 0.249 e. The molecule has 0 atom stereocenters. The largest absolute Gasteiger partial charge is 0.417 e. The van der Waals surface area contributed by atoms with Gasteiger partial charge in [0.05, 0.1) is 23.1 Å². The van der Waals surface area contributed by atoms with Crippen molar-refractivity contribution in [3.63, 3.8) is 0 Å². The Labute approximate surface area is 160 Å². The Bertz CT molecular complexity index is 1130. The van der Waals surface area contributed by atoms with Gasteiger partial charge in [0, 0.05) is 37.2 Å². The molecule has 0 aliphatic heterocycles. The van der Waals surface area contributed by atoms with Gasteiger partial charge in [0.25, 0.3) is 0 Å². The normalized spacial score (nSPS) is 11.0. The van der Waals surface area contributed by atoms with E-state index in [-0.39, 0.29) is 5.91 Å². The summed E-state index contributed by atoms with van der Waals surface area (Å²) in [5.41, 5.74) is 3.08. The fraction of sp³-hybridized carbons (Fsp3) is 0.0500. The second kappa shape index (κ2) is 7.67. The molecule has 0 saturated heterocycles. The van der Waals surface area contributed by atoms with Crippen molar-refractivity contribution < 1.29 is 9.21 Å². The Balaban J connectivity index is 1.57. The number of carbonyl (C=O) groups is 1. The Morgan fingerprint density at radius 2 is 2.04 bits per heavy atom. The highest BCUT2D eigenvalue weighted by Crippen LogP contribution is 2.22. The predicted molar refractivity (Wildman–Crippen MR) is 104 cm³/mol. The number of rotatable bonds is 5. The Hall–Kier alpha value is -4.07. The Morgan fingerprint density at radius 1 is 1.14 bits per heavy atom. The van der Waals surface area contributed by atoms with E-state index in [4.69, 9.17) is 4.42 Å². The number of nitrogens with one attached hydrogen (secondary N) is 1. The number of benzene rings is 1. The minimum atomic E-state index is -0.177. The molecular formula is C20H16N6O2. The number of aromatic nitrogens is 5. The van der Waals surface area contributed by atoms with Gasteiger partial charge in [0.15, 0.2) is 0 Å². The van der Waals surface area contributed by atoms with Gasteiger partial charge in [-0.2, -0.15) is 5.10 Å². The van der Waals surface area contributed by atoms with Crippen molar-refractivity contribution >= 4 is 23.7 Å². The van der Waals surface area contributed by atoms with Crippen LogP contribution < -0.4 is 5.32 Å². The molecule has 0 aliphatic carbocycles. The van der Waals surface area contributed by atoms with Gasteiger partial charge in [0.2, 0.25) is 17.7 Å². The van der Waals surface area contributed by atoms with Crippen molar-refractivity contribution in [2.24, 2.45) is 0 Å². The summed E-state index contributed by atoms with van der Waals surface area (Å²) in [5.74, 6) is 0.499. The molecule has 8 heteroatoms. The molecule has 3 aromatic heterocycles. The number of hydrogen-bond donors (Lipinski definition) is 1. The van der Waals surface area contributed by atoms with E-state index in [0.29, 0.717) is 23.0 Å². The van der Waals surface area contributed by atoms with Crippen LogP contribution in [0.4, 0.5) is 5.69 Å². The first-order valence-electron chi connectivity index (χ1n) is 8.53. The van der Waals surface area contributed by atoms with E-state index in [1.54, 1.807) is 35.4 Å². The first kappa shape index (κ1) is 17.3. The number of carbonyl (C=O) groups excluding carboxylic acids is 1. The van der Waals surface area contributed by atoms with E-state index in [1.165, 1.54) is 6.92 Å². The molecule has 0 radical (unpaired) electrons. The SMILES string of the molecule is CC(=O)Nc1cncc(-c2nnc(/C=C/c3ccccc3-n3cccn3)o2)c1. The zero-order valence-electron chi connectivity index (χ0n) is 15.0. The zero-order chi connectivity index (χ0) is 19.3. The van der Waals surface area contributed by atoms with Crippen molar-refractivity contribution in [3.05, 3.63) is 72.6 Å². The van der Waals surface area contributed by atoms with Crippen molar-refractivity contribution in [2.75, 3.05) is 5.32 Å². The number of nitrogens with zero attached hydrogens (tertiary/aromatic N) is 5. The van der Waals surface area contributed by atoms with Crippen LogP contribution in [0.5, 0.6) is 0 Å². The van der Waals surface area contributed by atoms with Crippen LogP contribution in [0, 0.1) is 0 Å². The first-order valence-corrected chi connectivity index (χ1v) is 8.53. The number of amides is 1. The lowest BCUT2D eigenvalue weighted by molar-refractivity contribution is -0.114. The van der Waals surface area contributed by atoms with E-state index < -0.39 is 0 Å². The van der Waals surface area contributed by atoms with Gasteiger partial charge in [-0.3, -0.25) is 9.78 Å². The summed E-state index contributed by atoms with van der Waals surface area (Å²) in [6.07, 6.45) is 10.4. The smallest absolute Gasteiger partial charge is 0.249 e. The van der Waals surface area contributed by atoms with Crippen LogP contribution in [-0.2, 0) is 4.79 Å². The molecule has 0 fully saturated rings. The van der Waals surface area contributed by atoms with Gasteiger partial charge in [-0.15, -0.1) is 10.2 Å². The zero-order valence-corrected chi connectivity index (χ0v) is 15.0. The van der Waals surface area contributed by atoms with E-state index >= 15 is 0 Å². The molecule has 8 nitrogen and oxygen atoms in total. The lowest BCUT2D eigenvalue weighted by atomic mass is 10.1. The molecule has 4 rings (SSSR count). The highest BCUT2D eigenvalue weighted by molar-refractivity contribution is 5.89. The summed E-state index contributed by atoms with van der Waals surface area (Å²) in [4.78, 5) is 15.3. The second-order valence-corrected chi connectivity index (χ2v) is 5.93. The molecule has 1 aromatic carbocycles. The van der Waals surface area contributed by atoms with Crippen LogP contribution in [0.3, 0.4) is 0 Å². The second-order valence-electron chi connectivity index (χ2n) is 5.93. The molecule has 0 saturated carbocycles. The van der Waals surface area contributed by atoms with Gasteiger partial charge in [-0.1, -0.05) is 18.2 Å². The number of pyridine rings is 1. The third kappa shape index (κ3) is 3.85. The molecule has 0 aliphatic rings. The van der Waals surface area contributed by atoms with Crippen LogP contribution >= 0.6 is 0 Å². The number of para-hydroxylation sites is 1. The molecule has 4 aromatic rings. The van der Waals surface area contributed by atoms with Crippen LogP contribution in [0.1, 0.15) is 18.4 Å². The number of hydrogen-bond acceptors (Lipinski definition) is 6. The molecule has 28 heavy (non-hydrogen) atoms. The molecule has 0 spiro atoms. The summed E-state index contributed by atoms with van der Waals surface area (Å²) in [6, 6.07) is 11.5. The van der Waals surface area contributed by atoms with Gasteiger partial charge < -0.3 is 9.73 Å². The fourth-order valence-corrected chi connectivity index (χ4v) is 2.66. The molecule has 3 heterocycles. The van der Waals surface area contributed by atoms with E-state index in [0.717, 1.165) is 11.3 Å². The lowest BCUT2D eigenvalue weighted by Gasteiger charge is -2.05. The summed E-state index contributed by atoms with van der Waals surface area (Å²) in [6.45, 7) is 1.43. The van der Waals surface area contributed by atoms with Crippen LogP contribution in [0.2, 0.25) is 0 Å². The minimum Gasteiger partial charge on any atom is -0.417 e. The quantitative estimate of drug-likeness (QED) is 0.576. The van der Waals surface area contributed by atoms with Crippen molar-refractivity contribution in [2.45, 2.75) is 6.92 Å². The van der Waals surface area contributed by atoms with Gasteiger partial charge in [0.1, 0.15) is 0 Å². The Morgan fingerprint density at radius 3 is 2.86 bits per heavy atom. The van der Waals surface area contributed by atoms with Crippen LogP contribution in [0.15, 0.2) is 65.6 Å². The summed E-state index contributed by atoms with van der Waals surface area (Å²) in [7, 11) is 0. The first-order chi connectivity index (χ1) is 13.7. The van der Waals surface area contributed by atoms with Crippen molar-refractivity contribution in [3.8, 4) is 17.1 Å². The maximum absolute atomic E-state index is 11.2. The van der Waals surface area contributed by atoms with Crippen LogP contribution in [0.25, 0.3) is 29.3 Å². The third-order valence-corrected chi connectivity index (χ3v) is 3.84. The molecule has 1 N–H and O–H groups in total. The molecule has 0 bridgehead atoms. The lowest BCUT2D eigenvalue weighted by Crippen LogP contribution is -2.05. The average Bonchev–Trinajstić information content (AvgIpc) is 3.38. The summed E-state index contributed by atoms with van der Waals surface area (Å²) < 4.78 is 7.49. The van der Waals surface area contributed by atoms with Crippen molar-refractivity contribution in [1.29, 1.82) is 0 Å². The number of anilines is 1. The summed E-state index contributed by atoms with van der Waals surface area (Å²) >= 11 is 0. The fourth-order valence-electron chi connectivity index (χ4n) is 2.66. The highest BCUT2D eigenvalue weighted by atomic mass is 16.4. The van der Waals surface area contributed by atoms with E-state index in [2.05, 4.69) is 25.6 Å². The van der Waals surface area contributed by atoms with E-state index in [9.17, 15) is 4.79 Å². The Kier molecular flexibility index (Phi) is 4.75. The van der Waals surface area contributed by atoms with Crippen molar-refractivity contribution in [1.82, 2.24) is 25.0 Å². The molecule has 0 unspecified atom stereocenters. The van der Waals surface area contributed by atoms with Crippen LogP contribution in [-0.4, -0.2) is 30.9 Å². The average molecular weight is 372 g/mol. The molecule has 138 valence electrons. The standard InChI is InChI=1S/C20H16N6O2/c1-14(27)23-17-11-16(12-21-13-17)20-25-24-19(28-20)8-7-15-5-2-3-6-18(15)26-10-4-9-22-26/h2-13H,1H3,(H,23,27)/b8-7+. The minimum absolute atomic E-state index is 0.177. The monoisotopic (exact) mass is 372 g/mol. The van der Waals surface area contributed by atoms with Gasteiger partial charge in [-0.25, -0.2) is 4.68 Å². The van der Waals surface area contributed by atoms with E-state index in [1.807, 2.05) is 42.6 Å². The third-order valence-electron chi connectivity index (χ3n) is 3.84. The van der Waals surface area contributed by atoms with Gasteiger partial charge >= 0.3 is 0 Å². The molecular weight excluding hydrogens is 356 g/mol. The topological polar surface area (TPSA) is 98.7 Å². The predicted octanol–water partition coefficient (Wildman–Crippen LogP) is 3.45.